The van der Waals surface area contributed by atoms with Crippen LogP contribution in [0, 0.1) is 5.82 Å². The fourth-order valence-electron chi connectivity index (χ4n) is 3.40. The second-order valence-corrected chi connectivity index (χ2v) is 9.02. The number of carbonyl (C=O) groups excluding carboxylic acids is 1. The highest BCUT2D eigenvalue weighted by molar-refractivity contribution is 7.89. The summed E-state index contributed by atoms with van der Waals surface area (Å²) >= 11 is 0. The summed E-state index contributed by atoms with van der Waals surface area (Å²) in [5.74, 6) is -0.925. The fraction of sp³-hybridized carbons (Fsp3) is 0.238. The number of halogens is 1. The lowest BCUT2D eigenvalue weighted by Crippen LogP contribution is -2.40. The standard InChI is InChI=1S/C21H20FN3O5S/c22-15-3-1-14(2-4-15)13-23-21(27)18-12-20(26)24-19-6-5-16(11-17(18)19)31(28,29)25-7-9-30-10-8-25/h1-6,11-12H,7-10,13H2,(H,23,27)(H,24,26). The van der Waals surface area contributed by atoms with Gasteiger partial charge in [0, 0.05) is 36.6 Å². The lowest BCUT2D eigenvalue weighted by molar-refractivity contribution is 0.0730. The van der Waals surface area contributed by atoms with Gasteiger partial charge in [0.05, 0.1) is 23.7 Å². The second kappa shape index (κ2) is 8.58. The van der Waals surface area contributed by atoms with Crippen LogP contribution < -0.4 is 10.9 Å². The molecule has 1 saturated heterocycles. The molecule has 0 unspecified atom stereocenters. The summed E-state index contributed by atoms with van der Waals surface area (Å²) in [5.41, 5.74) is 0.600. The third-order valence-electron chi connectivity index (χ3n) is 5.03. The van der Waals surface area contributed by atoms with Crippen LogP contribution in [0.25, 0.3) is 10.9 Å². The van der Waals surface area contributed by atoms with Crippen molar-refractivity contribution < 1.29 is 22.3 Å². The third kappa shape index (κ3) is 4.50. The number of benzene rings is 2. The van der Waals surface area contributed by atoms with Crippen molar-refractivity contribution in [1.82, 2.24) is 14.6 Å². The first-order valence-corrected chi connectivity index (χ1v) is 11.1. The van der Waals surface area contributed by atoms with Crippen LogP contribution in [-0.2, 0) is 21.3 Å². The van der Waals surface area contributed by atoms with Gasteiger partial charge in [-0.3, -0.25) is 9.59 Å². The summed E-state index contributed by atoms with van der Waals surface area (Å²) in [5, 5.41) is 3.00. The Bertz CT molecular complexity index is 1280. The van der Waals surface area contributed by atoms with E-state index in [2.05, 4.69) is 10.3 Å². The molecule has 3 aromatic rings. The van der Waals surface area contributed by atoms with Gasteiger partial charge in [-0.05, 0) is 35.9 Å². The Balaban J connectivity index is 1.67. The summed E-state index contributed by atoms with van der Waals surface area (Å²) in [6.07, 6.45) is 0. The molecule has 2 heterocycles. The van der Waals surface area contributed by atoms with Crippen molar-refractivity contribution in [2.75, 3.05) is 26.3 Å². The van der Waals surface area contributed by atoms with Gasteiger partial charge in [-0.15, -0.1) is 0 Å². The van der Waals surface area contributed by atoms with Crippen LogP contribution in [0.2, 0.25) is 0 Å². The Morgan fingerprint density at radius 1 is 1.10 bits per heavy atom. The Labute approximate surface area is 177 Å². The maximum absolute atomic E-state index is 13.1. The number of carbonyl (C=O) groups is 1. The highest BCUT2D eigenvalue weighted by atomic mass is 32.2. The number of aromatic amines is 1. The Kier molecular flexibility index (Phi) is 5.86. The summed E-state index contributed by atoms with van der Waals surface area (Å²) in [6.45, 7) is 1.25. The number of hydrogen-bond acceptors (Lipinski definition) is 5. The van der Waals surface area contributed by atoms with Crippen LogP contribution in [0.15, 0.2) is 58.2 Å². The first kappa shape index (κ1) is 21.2. The van der Waals surface area contributed by atoms with E-state index < -0.39 is 21.5 Å². The number of ether oxygens (including phenoxy) is 1. The molecule has 0 spiro atoms. The number of sulfonamides is 1. The molecule has 1 aliphatic heterocycles. The molecule has 162 valence electrons. The van der Waals surface area contributed by atoms with E-state index >= 15 is 0 Å². The summed E-state index contributed by atoms with van der Waals surface area (Å²) in [6, 6.07) is 11.1. The zero-order valence-corrected chi connectivity index (χ0v) is 17.2. The van der Waals surface area contributed by atoms with E-state index in [-0.39, 0.29) is 35.9 Å². The molecule has 31 heavy (non-hydrogen) atoms. The van der Waals surface area contributed by atoms with Crippen LogP contribution in [0.5, 0.6) is 0 Å². The molecule has 0 atom stereocenters. The highest BCUT2D eigenvalue weighted by Gasteiger charge is 2.27. The topological polar surface area (TPSA) is 109 Å². The number of aromatic nitrogens is 1. The molecule has 2 aromatic carbocycles. The molecule has 0 saturated carbocycles. The molecule has 4 rings (SSSR count). The zero-order valence-electron chi connectivity index (χ0n) is 16.4. The number of hydrogen-bond donors (Lipinski definition) is 2. The zero-order chi connectivity index (χ0) is 22.0. The van der Waals surface area contributed by atoms with Gasteiger partial charge in [-0.25, -0.2) is 12.8 Å². The van der Waals surface area contributed by atoms with Gasteiger partial charge in [0.25, 0.3) is 5.91 Å². The van der Waals surface area contributed by atoms with Crippen molar-refractivity contribution in [3.63, 3.8) is 0 Å². The van der Waals surface area contributed by atoms with E-state index in [0.29, 0.717) is 29.7 Å². The predicted octanol–water partition coefficient (Wildman–Crippen LogP) is 1.62. The van der Waals surface area contributed by atoms with E-state index in [1.165, 1.54) is 34.6 Å². The van der Waals surface area contributed by atoms with Crippen LogP contribution >= 0.6 is 0 Å². The molecule has 1 fully saturated rings. The summed E-state index contributed by atoms with van der Waals surface area (Å²) in [7, 11) is -3.77. The van der Waals surface area contributed by atoms with Crippen molar-refractivity contribution in [2.45, 2.75) is 11.4 Å². The van der Waals surface area contributed by atoms with Gasteiger partial charge in [-0.2, -0.15) is 4.31 Å². The predicted molar refractivity (Wildman–Crippen MR) is 112 cm³/mol. The molecule has 1 amide bonds. The first-order chi connectivity index (χ1) is 14.8. The largest absolute Gasteiger partial charge is 0.379 e. The van der Waals surface area contributed by atoms with E-state index in [9.17, 15) is 22.4 Å². The van der Waals surface area contributed by atoms with Crippen molar-refractivity contribution in [3.8, 4) is 0 Å². The third-order valence-corrected chi connectivity index (χ3v) is 6.93. The Morgan fingerprint density at radius 3 is 2.52 bits per heavy atom. The number of fused-ring (bicyclic) bond motifs is 1. The molecular weight excluding hydrogens is 425 g/mol. The maximum Gasteiger partial charge on any atom is 0.252 e. The van der Waals surface area contributed by atoms with Crippen LogP contribution in [0.4, 0.5) is 4.39 Å². The minimum absolute atomic E-state index is 0.0292. The van der Waals surface area contributed by atoms with Crippen molar-refractivity contribution >= 4 is 26.8 Å². The van der Waals surface area contributed by atoms with Crippen LogP contribution in [0.1, 0.15) is 15.9 Å². The van der Waals surface area contributed by atoms with Crippen LogP contribution in [0.3, 0.4) is 0 Å². The molecular formula is C21H20FN3O5S. The number of amides is 1. The molecule has 0 bridgehead atoms. The minimum Gasteiger partial charge on any atom is -0.379 e. The number of H-pyrrole nitrogens is 1. The smallest absolute Gasteiger partial charge is 0.252 e. The molecule has 1 aliphatic rings. The monoisotopic (exact) mass is 445 g/mol. The van der Waals surface area contributed by atoms with Gasteiger partial charge >= 0.3 is 0 Å². The Morgan fingerprint density at radius 2 is 1.81 bits per heavy atom. The lowest BCUT2D eigenvalue weighted by Gasteiger charge is -2.26. The average molecular weight is 445 g/mol. The average Bonchev–Trinajstić information content (AvgIpc) is 2.78. The van der Waals surface area contributed by atoms with Gasteiger partial charge in [0.2, 0.25) is 15.6 Å². The summed E-state index contributed by atoms with van der Waals surface area (Å²) in [4.78, 5) is 27.5. The molecule has 0 aliphatic carbocycles. The maximum atomic E-state index is 13.1. The SMILES string of the molecule is O=C(NCc1ccc(F)cc1)c1cc(=O)[nH]c2ccc(S(=O)(=O)N3CCOCC3)cc12. The summed E-state index contributed by atoms with van der Waals surface area (Å²) < 4.78 is 45.6. The number of rotatable bonds is 5. The normalized spacial score (nSPS) is 15.1. The minimum atomic E-state index is -3.77. The van der Waals surface area contributed by atoms with E-state index in [4.69, 9.17) is 4.74 Å². The number of nitrogens with one attached hydrogen (secondary N) is 2. The van der Waals surface area contributed by atoms with Gasteiger partial charge < -0.3 is 15.0 Å². The number of nitrogens with zero attached hydrogens (tertiary/aromatic N) is 1. The molecule has 8 nitrogen and oxygen atoms in total. The van der Waals surface area contributed by atoms with Crippen molar-refractivity contribution in [3.05, 3.63) is 75.8 Å². The molecule has 0 radical (unpaired) electrons. The van der Waals surface area contributed by atoms with Crippen LogP contribution in [-0.4, -0.2) is 49.9 Å². The van der Waals surface area contributed by atoms with E-state index in [1.807, 2.05) is 0 Å². The second-order valence-electron chi connectivity index (χ2n) is 7.08. The fourth-order valence-corrected chi connectivity index (χ4v) is 4.83. The van der Waals surface area contributed by atoms with E-state index in [1.54, 1.807) is 12.1 Å². The molecule has 2 N–H and O–H groups in total. The Hall–Kier alpha value is -3.08. The van der Waals surface area contributed by atoms with Gasteiger partial charge in [0.15, 0.2) is 0 Å². The quantitative estimate of drug-likeness (QED) is 0.620. The lowest BCUT2D eigenvalue weighted by atomic mass is 10.1. The van der Waals surface area contributed by atoms with Gasteiger partial charge in [0.1, 0.15) is 5.82 Å². The van der Waals surface area contributed by atoms with Crippen molar-refractivity contribution in [2.24, 2.45) is 0 Å². The van der Waals surface area contributed by atoms with Gasteiger partial charge in [-0.1, -0.05) is 12.1 Å². The van der Waals surface area contributed by atoms with E-state index in [0.717, 1.165) is 6.07 Å². The number of morpholine rings is 1. The van der Waals surface area contributed by atoms with Crippen molar-refractivity contribution in [1.29, 1.82) is 0 Å². The first-order valence-electron chi connectivity index (χ1n) is 9.62. The molecule has 1 aromatic heterocycles. The molecule has 10 heteroatoms. The number of pyridine rings is 1. The highest BCUT2D eigenvalue weighted by Crippen LogP contribution is 2.23.